The molecule has 5 nitrogen and oxygen atoms in total. The summed E-state index contributed by atoms with van der Waals surface area (Å²) in [7, 11) is 0. The summed E-state index contributed by atoms with van der Waals surface area (Å²) in [6.07, 6.45) is 4.69. The highest BCUT2D eigenvalue weighted by atomic mass is 16.3. The Morgan fingerprint density at radius 1 is 1.00 bits per heavy atom. The summed E-state index contributed by atoms with van der Waals surface area (Å²) in [5, 5.41) is 9.63. The number of phenolic OH excluding ortho intramolecular Hbond substituents is 1. The lowest BCUT2D eigenvalue weighted by Crippen LogP contribution is -2.34. The summed E-state index contributed by atoms with van der Waals surface area (Å²) in [6, 6.07) is 13.7. The van der Waals surface area contributed by atoms with Crippen LogP contribution in [0.1, 0.15) is 21.5 Å². The van der Waals surface area contributed by atoms with Gasteiger partial charge in [-0.15, -0.1) is 0 Å². The topological polar surface area (TPSA) is 78.4 Å². The molecule has 1 amide bonds. The first-order valence-electron chi connectivity index (χ1n) is 7.02. The molecule has 0 heterocycles. The highest BCUT2D eigenvalue weighted by Gasteiger charge is 2.16. The molecular weight excluding hydrogens is 292 g/mol. The summed E-state index contributed by atoms with van der Waals surface area (Å²) in [6.45, 7) is 0. The van der Waals surface area contributed by atoms with Crippen molar-refractivity contribution in [1.29, 1.82) is 0 Å². The summed E-state index contributed by atoms with van der Waals surface area (Å²) in [4.78, 5) is 24.0. The van der Waals surface area contributed by atoms with Crippen LogP contribution in [0.5, 0.6) is 5.75 Å². The van der Waals surface area contributed by atoms with Gasteiger partial charge in [0.05, 0.1) is 5.56 Å². The SMILES string of the molecule is O=C1C=Cc2ccccc2/C1=C/NNC(=O)c1ccccc1O. The minimum absolute atomic E-state index is 0.110. The molecule has 23 heavy (non-hydrogen) atoms. The number of para-hydroxylation sites is 1. The van der Waals surface area contributed by atoms with Gasteiger partial charge in [-0.25, -0.2) is 0 Å². The monoisotopic (exact) mass is 306 g/mol. The Hall–Kier alpha value is -3.34. The van der Waals surface area contributed by atoms with Gasteiger partial charge in [0.15, 0.2) is 5.78 Å². The summed E-state index contributed by atoms with van der Waals surface area (Å²) >= 11 is 0. The second-order valence-electron chi connectivity index (χ2n) is 4.96. The van der Waals surface area contributed by atoms with E-state index in [1.807, 2.05) is 24.3 Å². The third kappa shape index (κ3) is 2.98. The number of allylic oxidation sites excluding steroid dienone is 2. The normalized spacial score (nSPS) is 14.4. The van der Waals surface area contributed by atoms with Crippen molar-refractivity contribution in [2.75, 3.05) is 0 Å². The van der Waals surface area contributed by atoms with Crippen LogP contribution in [0.25, 0.3) is 11.6 Å². The van der Waals surface area contributed by atoms with E-state index in [1.54, 1.807) is 18.2 Å². The Balaban J connectivity index is 1.76. The Morgan fingerprint density at radius 3 is 2.57 bits per heavy atom. The molecule has 0 saturated carbocycles. The van der Waals surface area contributed by atoms with E-state index in [0.717, 1.165) is 11.1 Å². The predicted molar refractivity (Wildman–Crippen MR) is 87.2 cm³/mol. The molecular formula is C18H14N2O3. The number of benzene rings is 2. The van der Waals surface area contributed by atoms with E-state index < -0.39 is 5.91 Å². The third-order valence-electron chi connectivity index (χ3n) is 3.48. The van der Waals surface area contributed by atoms with Gasteiger partial charge in [0.2, 0.25) is 0 Å². The average Bonchev–Trinajstić information content (AvgIpc) is 2.57. The fourth-order valence-electron chi connectivity index (χ4n) is 2.33. The number of ketones is 1. The lowest BCUT2D eigenvalue weighted by atomic mass is 9.92. The molecule has 0 aliphatic heterocycles. The van der Waals surface area contributed by atoms with Crippen LogP contribution in [0.3, 0.4) is 0 Å². The molecule has 0 bridgehead atoms. The van der Waals surface area contributed by atoms with Gasteiger partial charge >= 0.3 is 0 Å². The minimum atomic E-state index is -0.493. The molecule has 0 saturated heterocycles. The first-order valence-corrected chi connectivity index (χ1v) is 7.02. The number of phenols is 1. The van der Waals surface area contributed by atoms with Crippen LogP contribution in [0.15, 0.2) is 60.8 Å². The molecule has 0 unspecified atom stereocenters. The summed E-state index contributed by atoms with van der Waals surface area (Å²) in [5.74, 6) is -0.749. The molecule has 2 aromatic rings. The second kappa shape index (κ2) is 6.19. The number of aromatic hydroxyl groups is 1. The molecule has 3 N–H and O–H groups in total. The molecule has 5 heteroatoms. The molecule has 0 atom stereocenters. The van der Waals surface area contributed by atoms with Crippen molar-refractivity contribution >= 4 is 23.3 Å². The highest BCUT2D eigenvalue weighted by molar-refractivity contribution is 6.29. The molecule has 0 spiro atoms. The quantitative estimate of drug-likeness (QED) is 0.600. The third-order valence-corrected chi connectivity index (χ3v) is 3.48. The molecule has 2 aromatic carbocycles. The average molecular weight is 306 g/mol. The Labute approximate surface area is 132 Å². The van der Waals surface area contributed by atoms with Crippen molar-refractivity contribution in [2.45, 2.75) is 0 Å². The Kier molecular flexibility index (Phi) is 3.93. The van der Waals surface area contributed by atoms with Gasteiger partial charge in [-0.05, 0) is 29.3 Å². The smallest absolute Gasteiger partial charge is 0.273 e. The van der Waals surface area contributed by atoms with Gasteiger partial charge in [-0.1, -0.05) is 42.5 Å². The zero-order valence-electron chi connectivity index (χ0n) is 12.1. The molecule has 1 aliphatic rings. The maximum Gasteiger partial charge on any atom is 0.273 e. The molecule has 0 aromatic heterocycles. The van der Waals surface area contributed by atoms with E-state index in [1.165, 1.54) is 24.4 Å². The zero-order chi connectivity index (χ0) is 16.2. The van der Waals surface area contributed by atoms with Gasteiger partial charge in [0, 0.05) is 11.8 Å². The van der Waals surface area contributed by atoms with Crippen LogP contribution >= 0.6 is 0 Å². The Bertz CT molecular complexity index is 838. The van der Waals surface area contributed by atoms with Crippen molar-refractivity contribution in [2.24, 2.45) is 0 Å². The standard InChI is InChI=1S/C18H14N2O3/c21-16-8-4-3-7-14(16)18(23)20-19-11-15-13-6-2-1-5-12(13)9-10-17(15)22/h1-11,19,21H,(H,20,23)/b15-11-. The molecule has 0 radical (unpaired) electrons. The summed E-state index contributed by atoms with van der Waals surface area (Å²) in [5.41, 5.74) is 7.40. The lowest BCUT2D eigenvalue weighted by Gasteiger charge is -2.13. The van der Waals surface area contributed by atoms with Crippen molar-refractivity contribution in [3.8, 4) is 5.75 Å². The van der Waals surface area contributed by atoms with E-state index in [2.05, 4.69) is 10.9 Å². The van der Waals surface area contributed by atoms with Crippen molar-refractivity contribution in [3.05, 3.63) is 77.5 Å². The van der Waals surface area contributed by atoms with Crippen molar-refractivity contribution in [3.63, 3.8) is 0 Å². The highest BCUT2D eigenvalue weighted by Crippen LogP contribution is 2.25. The van der Waals surface area contributed by atoms with Gasteiger partial charge in [0.1, 0.15) is 5.75 Å². The van der Waals surface area contributed by atoms with Gasteiger partial charge in [-0.3, -0.25) is 15.0 Å². The van der Waals surface area contributed by atoms with E-state index in [4.69, 9.17) is 0 Å². The van der Waals surface area contributed by atoms with E-state index in [-0.39, 0.29) is 17.1 Å². The van der Waals surface area contributed by atoms with E-state index in [0.29, 0.717) is 5.57 Å². The van der Waals surface area contributed by atoms with Gasteiger partial charge in [0.25, 0.3) is 5.91 Å². The molecule has 114 valence electrons. The predicted octanol–water partition coefficient (Wildman–Crippen LogP) is 2.26. The van der Waals surface area contributed by atoms with Crippen molar-refractivity contribution in [1.82, 2.24) is 10.9 Å². The largest absolute Gasteiger partial charge is 0.507 e. The van der Waals surface area contributed by atoms with Crippen molar-refractivity contribution < 1.29 is 14.7 Å². The van der Waals surface area contributed by atoms with E-state index >= 15 is 0 Å². The van der Waals surface area contributed by atoms with Gasteiger partial charge < -0.3 is 10.5 Å². The summed E-state index contributed by atoms with van der Waals surface area (Å²) < 4.78 is 0. The number of amides is 1. The number of carbonyl (C=O) groups is 2. The van der Waals surface area contributed by atoms with E-state index in [9.17, 15) is 14.7 Å². The second-order valence-corrected chi connectivity index (χ2v) is 4.96. The number of hydrogen-bond donors (Lipinski definition) is 3. The first-order chi connectivity index (χ1) is 11.2. The van der Waals surface area contributed by atoms with Crippen LogP contribution in [0.4, 0.5) is 0 Å². The maximum absolute atomic E-state index is 12.0. The molecule has 3 rings (SSSR count). The van der Waals surface area contributed by atoms with Crippen LogP contribution in [-0.4, -0.2) is 16.8 Å². The number of fused-ring (bicyclic) bond motifs is 1. The first kappa shape index (κ1) is 14.6. The van der Waals surface area contributed by atoms with Gasteiger partial charge in [-0.2, -0.15) is 0 Å². The molecule has 1 aliphatic carbocycles. The van der Waals surface area contributed by atoms with Crippen LogP contribution in [0, 0.1) is 0 Å². The van der Waals surface area contributed by atoms with Crippen LogP contribution in [0.2, 0.25) is 0 Å². The Morgan fingerprint density at radius 2 is 1.74 bits per heavy atom. The number of nitrogens with one attached hydrogen (secondary N) is 2. The number of rotatable bonds is 3. The molecule has 0 fully saturated rings. The van der Waals surface area contributed by atoms with Crippen LogP contribution < -0.4 is 10.9 Å². The minimum Gasteiger partial charge on any atom is -0.507 e. The number of hydrogen-bond acceptors (Lipinski definition) is 4. The fourth-order valence-corrected chi connectivity index (χ4v) is 2.33. The fraction of sp³-hybridized carbons (Fsp3) is 0. The van der Waals surface area contributed by atoms with Crippen LogP contribution in [-0.2, 0) is 4.79 Å². The lowest BCUT2D eigenvalue weighted by molar-refractivity contribution is -0.109. The number of carbonyl (C=O) groups excluding carboxylic acids is 2. The zero-order valence-corrected chi connectivity index (χ0v) is 12.1. The number of hydrazine groups is 1. The maximum atomic E-state index is 12.0.